The van der Waals surface area contributed by atoms with Crippen LogP contribution in [-0.4, -0.2) is 35.8 Å². The van der Waals surface area contributed by atoms with E-state index in [0.29, 0.717) is 11.5 Å². The van der Waals surface area contributed by atoms with Crippen molar-refractivity contribution in [3.8, 4) is 5.75 Å². The van der Waals surface area contributed by atoms with E-state index in [9.17, 15) is 9.59 Å². The van der Waals surface area contributed by atoms with Gasteiger partial charge < -0.3 is 9.64 Å². The first-order chi connectivity index (χ1) is 12.7. The minimum Gasteiger partial charge on any atom is -0.492 e. The number of aromatic nitrogens is 1. The lowest BCUT2D eigenvalue weighted by Crippen LogP contribution is -2.28. The Labute approximate surface area is 156 Å². The summed E-state index contributed by atoms with van der Waals surface area (Å²) in [5.74, 6) is 1.33. The quantitative estimate of drug-likeness (QED) is 0.755. The average molecular weight is 369 g/mol. The number of imide groups is 1. The second-order valence-corrected chi connectivity index (χ2v) is 6.55. The topological polar surface area (TPSA) is 71.5 Å². The van der Waals surface area contributed by atoms with Crippen LogP contribution in [-0.2, 0) is 4.79 Å². The van der Waals surface area contributed by atoms with Gasteiger partial charge in [0.15, 0.2) is 0 Å². The first-order valence-corrected chi connectivity index (χ1v) is 9.11. The van der Waals surface area contributed by atoms with Crippen LogP contribution in [0.4, 0.5) is 10.6 Å². The number of nitrogens with one attached hydrogen (secondary N) is 1. The van der Waals surface area contributed by atoms with Gasteiger partial charge >= 0.3 is 0 Å². The summed E-state index contributed by atoms with van der Waals surface area (Å²) in [7, 11) is 0. The normalized spacial score (nSPS) is 15.2. The number of hydrogen-bond acceptors (Lipinski definition) is 6. The first kappa shape index (κ1) is 18.0. The zero-order valence-electron chi connectivity index (χ0n) is 14.3. The smallest absolute Gasteiger partial charge is 0.290 e. The SMILES string of the molecule is CCN(CCOc1ccc(C=C2SC(=O)NC2=O)cc1)c1ccccn1. The Hall–Kier alpha value is -2.80. The molecule has 0 bridgehead atoms. The molecule has 1 aliphatic rings. The summed E-state index contributed by atoms with van der Waals surface area (Å²) in [4.78, 5) is 29.6. The number of carbonyl (C=O) groups excluding carboxylic acids is 2. The lowest BCUT2D eigenvalue weighted by Gasteiger charge is -2.21. The molecule has 1 N–H and O–H groups in total. The van der Waals surface area contributed by atoms with E-state index in [1.54, 1.807) is 12.3 Å². The first-order valence-electron chi connectivity index (χ1n) is 8.29. The minimum absolute atomic E-state index is 0.338. The van der Waals surface area contributed by atoms with Crippen molar-refractivity contribution in [1.29, 1.82) is 0 Å². The molecule has 0 saturated carbocycles. The largest absolute Gasteiger partial charge is 0.492 e. The van der Waals surface area contributed by atoms with Crippen LogP contribution in [0, 0.1) is 0 Å². The number of rotatable bonds is 7. The van der Waals surface area contributed by atoms with Gasteiger partial charge in [-0.15, -0.1) is 0 Å². The van der Waals surface area contributed by atoms with Crippen molar-refractivity contribution in [1.82, 2.24) is 10.3 Å². The van der Waals surface area contributed by atoms with Gasteiger partial charge in [-0.05, 0) is 54.6 Å². The highest BCUT2D eigenvalue weighted by atomic mass is 32.2. The van der Waals surface area contributed by atoms with E-state index < -0.39 is 0 Å². The summed E-state index contributed by atoms with van der Waals surface area (Å²) in [6, 6.07) is 13.3. The van der Waals surface area contributed by atoms with E-state index in [-0.39, 0.29) is 11.1 Å². The third kappa shape index (κ3) is 4.64. The molecule has 1 aliphatic heterocycles. The van der Waals surface area contributed by atoms with Gasteiger partial charge in [0.1, 0.15) is 18.2 Å². The highest BCUT2D eigenvalue weighted by Gasteiger charge is 2.24. The highest BCUT2D eigenvalue weighted by molar-refractivity contribution is 8.18. The van der Waals surface area contributed by atoms with E-state index in [1.165, 1.54) is 0 Å². The maximum atomic E-state index is 11.6. The van der Waals surface area contributed by atoms with Crippen LogP contribution in [0.5, 0.6) is 5.75 Å². The van der Waals surface area contributed by atoms with Crippen LogP contribution in [0.2, 0.25) is 0 Å². The van der Waals surface area contributed by atoms with Gasteiger partial charge in [-0.2, -0.15) is 0 Å². The van der Waals surface area contributed by atoms with Crippen LogP contribution in [0.1, 0.15) is 12.5 Å². The molecule has 2 amide bonds. The fraction of sp³-hybridized carbons (Fsp3) is 0.211. The van der Waals surface area contributed by atoms with Crippen molar-refractivity contribution in [2.45, 2.75) is 6.92 Å². The molecule has 134 valence electrons. The third-order valence-electron chi connectivity index (χ3n) is 3.80. The van der Waals surface area contributed by atoms with Gasteiger partial charge in [-0.3, -0.25) is 14.9 Å². The average Bonchev–Trinajstić information content (AvgIpc) is 2.98. The molecule has 0 aliphatic carbocycles. The highest BCUT2D eigenvalue weighted by Crippen LogP contribution is 2.26. The molecular formula is C19H19N3O3S. The molecule has 1 saturated heterocycles. The van der Waals surface area contributed by atoms with Gasteiger partial charge in [0, 0.05) is 12.7 Å². The Morgan fingerprint density at radius 2 is 2.00 bits per heavy atom. The molecule has 0 spiro atoms. The van der Waals surface area contributed by atoms with Gasteiger partial charge in [-0.1, -0.05) is 18.2 Å². The third-order valence-corrected chi connectivity index (χ3v) is 4.62. The Balaban J connectivity index is 1.54. The number of carbonyl (C=O) groups is 2. The molecular weight excluding hydrogens is 350 g/mol. The standard InChI is InChI=1S/C19H19N3O3S/c1-2-22(17-5-3-4-10-20-17)11-12-25-15-8-6-14(7-9-15)13-16-18(23)21-19(24)26-16/h3-10,13H,2,11-12H2,1H3,(H,21,23,24). The molecule has 1 fully saturated rings. The zero-order valence-corrected chi connectivity index (χ0v) is 15.2. The van der Waals surface area contributed by atoms with Crippen LogP contribution < -0.4 is 15.0 Å². The van der Waals surface area contributed by atoms with E-state index in [2.05, 4.69) is 22.1 Å². The Kier molecular flexibility index (Phi) is 5.91. The van der Waals surface area contributed by atoms with Gasteiger partial charge in [0.05, 0.1) is 11.4 Å². The summed E-state index contributed by atoms with van der Waals surface area (Å²) in [6.45, 7) is 4.21. The Morgan fingerprint density at radius 3 is 2.62 bits per heavy atom. The Morgan fingerprint density at radius 1 is 1.19 bits per heavy atom. The molecule has 0 atom stereocenters. The van der Waals surface area contributed by atoms with E-state index >= 15 is 0 Å². The number of hydrogen-bond donors (Lipinski definition) is 1. The molecule has 0 radical (unpaired) electrons. The number of anilines is 1. The lowest BCUT2D eigenvalue weighted by molar-refractivity contribution is -0.115. The summed E-state index contributed by atoms with van der Waals surface area (Å²) >= 11 is 0.909. The summed E-state index contributed by atoms with van der Waals surface area (Å²) in [5, 5.41) is 1.90. The van der Waals surface area contributed by atoms with Crippen LogP contribution in [0.3, 0.4) is 0 Å². The Bertz CT molecular complexity index is 807. The predicted octanol–water partition coefficient (Wildman–Crippen LogP) is 3.31. The number of ether oxygens (including phenoxy) is 1. The molecule has 1 aromatic heterocycles. The van der Waals surface area contributed by atoms with Crippen LogP contribution in [0.15, 0.2) is 53.6 Å². The molecule has 26 heavy (non-hydrogen) atoms. The van der Waals surface area contributed by atoms with Crippen molar-refractivity contribution >= 4 is 34.8 Å². The summed E-state index contributed by atoms with van der Waals surface area (Å²) < 4.78 is 5.79. The number of thioether (sulfide) groups is 1. The van der Waals surface area contributed by atoms with E-state index in [1.807, 2.05) is 42.5 Å². The summed E-state index contributed by atoms with van der Waals surface area (Å²) in [6.07, 6.45) is 3.47. The number of nitrogens with zero attached hydrogens (tertiary/aromatic N) is 2. The molecule has 2 aromatic rings. The van der Waals surface area contributed by atoms with Crippen molar-refractivity contribution in [3.05, 3.63) is 59.1 Å². The molecule has 0 unspecified atom stereocenters. The van der Waals surface area contributed by atoms with Gasteiger partial charge in [-0.25, -0.2) is 4.98 Å². The molecule has 1 aromatic carbocycles. The van der Waals surface area contributed by atoms with E-state index in [4.69, 9.17) is 4.74 Å². The zero-order chi connectivity index (χ0) is 18.4. The number of pyridine rings is 1. The molecule has 3 rings (SSSR count). The van der Waals surface area contributed by atoms with Crippen molar-refractivity contribution in [3.63, 3.8) is 0 Å². The maximum Gasteiger partial charge on any atom is 0.290 e. The van der Waals surface area contributed by atoms with Crippen molar-refractivity contribution < 1.29 is 14.3 Å². The van der Waals surface area contributed by atoms with E-state index in [0.717, 1.165) is 42.0 Å². The van der Waals surface area contributed by atoms with Crippen molar-refractivity contribution in [2.24, 2.45) is 0 Å². The monoisotopic (exact) mass is 369 g/mol. The lowest BCUT2D eigenvalue weighted by atomic mass is 10.2. The number of amides is 2. The molecule has 7 heteroatoms. The van der Waals surface area contributed by atoms with Crippen LogP contribution >= 0.6 is 11.8 Å². The van der Waals surface area contributed by atoms with Gasteiger partial charge in [0.2, 0.25) is 0 Å². The maximum absolute atomic E-state index is 11.6. The number of likely N-dealkylation sites (N-methyl/N-ethyl adjacent to an activating group) is 1. The fourth-order valence-electron chi connectivity index (χ4n) is 2.48. The number of benzene rings is 1. The summed E-state index contributed by atoms with van der Waals surface area (Å²) in [5.41, 5.74) is 0.841. The minimum atomic E-state index is -0.352. The van der Waals surface area contributed by atoms with Crippen LogP contribution in [0.25, 0.3) is 6.08 Å². The fourth-order valence-corrected chi connectivity index (χ4v) is 3.16. The van der Waals surface area contributed by atoms with Crippen molar-refractivity contribution in [2.75, 3.05) is 24.6 Å². The predicted molar refractivity (Wildman–Crippen MR) is 103 cm³/mol. The molecule has 2 heterocycles. The van der Waals surface area contributed by atoms with Gasteiger partial charge in [0.25, 0.3) is 11.1 Å². The second-order valence-electron chi connectivity index (χ2n) is 5.54. The second kappa shape index (κ2) is 8.53. The molecule has 6 nitrogen and oxygen atoms in total.